The Morgan fingerprint density at radius 1 is 1.07 bits per heavy atom. The number of benzene rings is 2. The molecule has 1 amide bonds. The van der Waals surface area contributed by atoms with Crippen LogP contribution in [0.25, 0.3) is 0 Å². The third-order valence-electron chi connectivity index (χ3n) is 3.81. The maximum Gasteiger partial charge on any atom is 0.262 e. The number of ether oxygens (including phenoxy) is 1. The summed E-state index contributed by atoms with van der Waals surface area (Å²) >= 11 is 11.6. The number of nitrogens with zero attached hydrogens (tertiary/aromatic N) is 1. The van der Waals surface area contributed by atoms with Gasteiger partial charge in [0.2, 0.25) is 0 Å². The fourth-order valence-corrected chi connectivity index (χ4v) is 3.81. The number of amides is 1. The molecule has 0 aliphatic heterocycles. The highest BCUT2D eigenvalue weighted by atomic mass is 35.5. The molecule has 0 saturated carbocycles. The van der Waals surface area contributed by atoms with Gasteiger partial charge in [-0.15, -0.1) is 0 Å². The second kappa shape index (κ2) is 8.69. The van der Waals surface area contributed by atoms with Gasteiger partial charge < -0.3 is 10.1 Å². The van der Waals surface area contributed by atoms with Crippen LogP contribution >= 0.6 is 23.2 Å². The Morgan fingerprint density at radius 2 is 1.83 bits per heavy atom. The number of carbonyl (C=O) groups excluding carboxylic acids is 1. The van der Waals surface area contributed by atoms with E-state index in [2.05, 4.69) is 15.0 Å². The van der Waals surface area contributed by atoms with E-state index >= 15 is 0 Å². The molecule has 1 aromatic heterocycles. The third kappa shape index (κ3) is 4.97. The van der Waals surface area contributed by atoms with Crippen LogP contribution in [0.4, 0.5) is 11.4 Å². The zero-order valence-corrected chi connectivity index (χ0v) is 17.3. The number of aromatic nitrogens is 1. The van der Waals surface area contributed by atoms with E-state index in [4.69, 9.17) is 27.9 Å². The average Bonchev–Trinajstić information content (AvgIpc) is 2.70. The first-order chi connectivity index (χ1) is 13.8. The van der Waals surface area contributed by atoms with E-state index in [1.807, 2.05) is 0 Å². The number of carbonyl (C=O) groups is 1. The summed E-state index contributed by atoms with van der Waals surface area (Å²) in [6, 6.07) is 13.8. The summed E-state index contributed by atoms with van der Waals surface area (Å²) in [6.07, 6.45) is 1.27. The van der Waals surface area contributed by atoms with Crippen molar-refractivity contribution in [1.29, 1.82) is 0 Å². The van der Waals surface area contributed by atoms with Gasteiger partial charge >= 0.3 is 0 Å². The molecule has 0 bridgehead atoms. The second-order valence-electron chi connectivity index (χ2n) is 5.78. The van der Waals surface area contributed by atoms with Crippen molar-refractivity contribution < 1.29 is 17.9 Å². The highest BCUT2D eigenvalue weighted by Gasteiger charge is 2.17. The highest BCUT2D eigenvalue weighted by molar-refractivity contribution is 7.92. The topological polar surface area (TPSA) is 97.4 Å². The van der Waals surface area contributed by atoms with Crippen LogP contribution in [0, 0.1) is 0 Å². The maximum atomic E-state index is 12.7. The molecule has 29 heavy (non-hydrogen) atoms. The van der Waals surface area contributed by atoms with Gasteiger partial charge in [0.25, 0.3) is 15.9 Å². The van der Waals surface area contributed by atoms with Crippen molar-refractivity contribution in [2.24, 2.45) is 0 Å². The number of para-hydroxylation sites is 2. The van der Waals surface area contributed by atoms with Gasteiger partial charge in [-0.2, -0.15) is 0 Å². The van der Waals surface area contributed by atoms with Crippen molar-refractivity contribution in [1.82, 2.24) is 4.98 Å². The zero-order valence-electron chi connectivity index (χ0n) is 15.0. The van der Waals surface area contributed by atoms with Crippen molar-refractivity contribution >= 4 is 50.5 Å². The van der Waals surface area contributed by atoms with Crippen LogP contribution in [-0.2, 0) is 10.0 Å². The molecule has 150 valence electrons. The normalized spacial score (nSPS) is 11.0. The minimum atomic E-state index is -3.91. The third-order valence-corrected chi connectivity index (χ3v) is 5.86. The molecule has 3 rings (SSSR count). The molecule has 2 N–H and O–H groups in total. The van der Waals surface area contributed by atoms with E-state index in [0.717, 1.165) is 0 Å². The average molecular weight is 452 g/mol. The SMILES string of the molecule is COc1ccccc1NS(=O)(=O)c1cccc(NC(=O)c2cnc(Cl)c(Cl)c2)c1. The van der Waals surface area contributed by atoms with Crippen LogP contribution in [0.15, 0.2) is 65.7 Å². The first-order valence-corrected chi connectivity index (χ1v) is 10.4. The summed E-state index contributed by atoms with van der Waals surface area (Å²) in [5, 5.41) is 2.82. The van der Waals surface area contributed by atoms with Gasteiger partial charge in [-0.25, -0.2) is 13.4 Å². The molecule has 2 aromatic carbocycles. The van der Waals surface area contributed by atoms with Crippen LogP contribution in [0.3, 0.4) is 0 Å². The van der Waals surface area contributed by atoms with E-state index in [1.165, 1.54) is 37.6 Å². The Labute approximate surface area is 177 Å². The predicted molar refractivity (Wildman–Crippen MR) is 112 cm³/mol. The van der Waals surface area contributed by atoms with Gasteiger partial charge in [0, 0.05) is 11.9 Å². The van der Waals surface area contributed by atoms with E-state index in [9.17, 15) is 13.2 Å². The Balaban J connectivity index is 1.83. The summed E-state index contributed by atoms with van der Waals surface area (Å²) in [5.41, 5.74) is 0.759. The van der Waals surface area contributed by atoms with E-state index in [-0.39, 0.29) is 26.3 Å². The number of hydrogen-bond donors (Lipinski definition) is 2. The molecule has 1 heterocycles. The summed E-state index contributed by atoms with van der Waals surface area (Å²) in [5.74, 6) is -0.129. The fourth-order valence-electron chi connectivity index (χ4n) is 2.42. The van der Waals surface area contributed by atoms with Crippen molar-refractivity contribution in [3.05, 3.63) is 76.5 Å². The smallest absolute Gasteiger partial charge is 0.262 e. The van der Waals surface area contributed by atoms with Crippen LogP contribution in [-0.4, -0.2) is 26.4 Å². The fraction of sp³-hybridized carbons (Fsp3) is 0.0526. The molecule has 0 radical (unpaired) electrons. The van der Waals surface area contributed by atoms with Gasteiger partial charge in [0.05, 0.1) is 28.3 Å². The molecule has 0 aliphatic carbocycles. The Morgan fingerprint density at radius 3 is 2.55 bits per heavy atom. The van der Waals surface area contributed by atoms with Crippen LogP contribution in [0.2, 0.25) is 10.2 Å². The van der Waals surface area contributed by atoms with Crippen molar-refractivity contribution in [2.45, 2.75) is 4.90 Å². The van der Waals surface area contributed by atoms with Crippen molar-refractivity contribution in [2.75, 3.05) is 17.1 Å². The first-order valence-electron chi connectivity index (χ1n) is 8.18. The maximum absolute atomic E-state index is 12.7. The number of halogens is 2. The molecule has 3 aromatic rings. The van der Waals surface area contributed by atoms with Crippen molar-refractivity contribution in [3.63, 3.8) is 0 Å². The summed E-state index contributed by atoms with van der Waals surface area (Å²) in [6.45, 7) is 0. The zero-order chi connectivity index (χ0) is 21.0. The molecule has 7 nitrogen and oxygen atoms in total. The molecule has 0 aliphatic rings. The van der Waals surface area contributed by atoms with Crippen LogP contribution < -0.4 is 14.8 Å². The number of pyridine rings is 1. The van der Waals surface area contributed by atoms with E-state index in [1.54, 1.807) is 30.3 Å². The Hall–Kier alpha value is -2.81. The van der Waals surface area contributed by atoms with E-state index in [0.29, 0.717) is 11.4 Å². The Bertz CT molecular complexity index is 1170. The van der Waals surface area contributed by atoms with Crippen molar-refractivity contribution in [3.8, 4) is 5.75 Å². The number of sulfonamides is 1. The number of rotatable bonds is 6. The number of hydrogen-bond acceptors (Lipinski definition) is 5. The minimum Gasteiger partial charge on any atom is -0.495 e. The standard InChI is InChI=1S/C19H15Cl2N3O4S/c1-28-17-8-3-2-7-16(17)24-29(26,27)14-6-4-5-13(10-14)23-19(25)12-9-15(20)18(21)22-11-12/h2-11,24H,1H3,(H,23,25). The van der Waals surface area contributed by atoms with Gasteiger partial charge in [0.1, 0.15) is 10.9 Å². The lowest BCUT2D eigenvalue weighted by molar-refractivity contribution is 0.102. The molecule has 0 unspecified atom stereocenters. The molecule has 10 heteroatoms. The minimum absolute atomic E-state index is 0.0338. The lowest BCUT2D eigenvalue weighted by Crippen LogP contribution is -2.15. The lowest BCUT2D eigenvalue weighted by Gasteiger charge is -2.12. The van der Waals surface area contributed by atoms with Gasteiger partial charge in [-0.1, -0.05) is 41.4 Å². The molecule has 0 saturated heterocycles. The number of methoxy groups -OCH3 is 1. The molecular formula is C19H15Cl2N3O4S. The molecule has 0 fully saturated rings. The highest BCUT2D eigenvalue weighted by Crippen LogP contribution is 2.27. The largest absolute Gasteiger partial charge is 0.495 e. The quantitative estimate of drug-likeness (QED) is 0.539. The summed E-state index contributed by atoms with van der Waals surface area (Å²) in [4.78, 5) is 16.2. The van der Waals surface area contributed by atoms with E-state index < -0.39 is 15.9 Å². The Kier molecular flexibility index (Phi) is 6.26. The molecular weight excluding hydrogens is 437 g/mol. The number of anilines is 2. The molecule has 0 spiro atoms. The molecule has 0 atom stereocenters. The van der Waals surface area contributed by atoms with Gasteiger partial charge in [-0.3, -0.25) is 9.52 Å². The first kappa shape index (κ1) is 20.9. The van der Waals surface area contributed by atoms with Crippen LogP contribution in [0.5, 0.6) is 5.75 Å². The monoisotopic (exact) mass is 451 g/mol. The second-order valence-corrected chi connectivity index (χ2v) is 8.23. The van der Waals surface area contributed by atoms with Crippen LogP contribution in [0.1, 0.15) is 10.4 Å². The number of nitrogens with one attached hydrogen (secondary N) is 2. The van der Waals surface area contributed by atoms with Gasteiger partial charge in [-0.05, 0) is 36.4 Å². The predicted octanol–water partition coefficient (Wildman–Crippen LogP) is 4.45. The van der Waals surface area contributed by atoms with Gasteiger partial charge in [0.15, 0.2) is 0 Å². The lowest BCUT2D eigenvalue weighted by atomic mass is 10.2. The summed E-state index contributed by atoms with van der Waals surface area (Å²) < 4.78 is 33.1. The summed E-state index contributed by atoms with van der Waals surface area (Å²) in [7, 11) is -2.47.